The Morgan fingerprint density at radius 1 is 1.46 bits per heavy atom. The van der Waals surface area contributed by atoms with Gasteiger partial charge in [-0.3, -0.25) is 0 Å². The molecule has 0 bridgehead atoms. The van der Waals surface area contributed by atoms with E-state index in [1.54, 1.807) is 6.07 Å². The molecule has 1 saturated carbocycles. The van der Waals surface area contributed by atoms with Crippen molar-refractivity contribution < 1.29 is 5.11 Å². The lowest BCUT2D eigenvalue weighted by molar-refractivity contribution is 0.281. The Bertz CT molecular complexity index is 361. The van der Waals surface area contributed by atoms with Gasteiger partial charge in [0.15, 0.2) is 0 Å². The van der Waals surface area contributed by atoms with Crippen LogP contribution in [0.1, 0.15) is 35.4 Å². The summed E-state index contributed by atoms with van der Waals surface area (Å²) < 4.78 is 0. The summed E-state index contributed by atoms with van der Waals surface area (Å²) in [6.07, 6.45) is 2.37. The number of hydrogen-bond donors (Lipinski definition) is 1. The molecule has 1 N–H and O–H groups in total. The van der Waals surface area contributed by atoms with Crippen LogP contribution in [0.2, 0.25) is 0 Å². The Morgan fingerprint density at radius 2 is 2.23 bits per heavy atom. The first-order chi connectivity index (χ1) is 6.35. The van der Waals surface area contributed by atoms with E-state index in [1.165, 1.54) is 12.8 Å². The Morgan fingerprint density at radius 3 is 2.77 bits per heavy atom. The summed E-state index contributed by atoms with van der Waals surface area (Å²) in [5.74, 6) is 0.571. The van der Waals surface area contributed by atoms with Gasteiger partial charge in [0.2, 0.25) is 0 Å². The van der Waals surface area contributed by atoms with Gasteiger partial charge < -0.3 is 5.11 Å². The van der Waals surface area contributed by atoms with E-state index in [2.05, 4.69) is 6.07 Å². The molecular weight excluding hydrogens is 162 g/mol. The van der Waals surface area contributed by atoms with Gasteiger partial charge in [-0.1, -0.05) is 12.1 Å². The molecule has 1 aliphatic carbocycles. The minimum Gasteiger partial charge on any atom is -0.392 e. The molecule has 0 heterocycles. The largest absolute Gasteiger partial charge is 0.392 e. The van der Waals surface area contributed by atoms with Crippen LogP contribution in [0.25, 0.3) is 0 Å². The van der Waals surface area contributed by atoms with Crippen molar-refractivity contribution in [3.05, 3.63) is 34.9 Å². The van der Waals surface area contributed by atoms with E-state index in [0.717, 1.165) is 16.7 Å². The average molecular weight is 173 g/mol. The molecule has 0 atom stereocenters. The van der Waals surface area contributed by atoms with Crippen LogP contribution >= 0.6 is 0 Å². The van der Waals surface area contributed by atoms with E-state index in [4.69, 9.17) is 10.4 Å². The molecule has 2 heteroatoms. The van der Waals surface area contributed by atoms with Crippen LogP contribution in [0.5, 0.6) is 0 Å². The van der Waals surface area contributed by atoms with Gasteiger partial charge in [0.05, 0.1) is 18.2 Å². The molecule has 0 unspecified atom stereocenters. The molecule has 0 spiro atoms. The van der Waals surface area contributed by atoms with E-state index >= 15 is 0 Å². The van der Waals surface area contributed by atoms with E-state index in [0.29, 0.717) is 5.92 Å². The van der Waals surface area contributed by atoms with Gasteiger partial charge in [0.1, 0.15) is 0 Å². The fourth-order valence-corrected chi connectivity index (χ4v) is 1.54. The van der Waals surface area contributed by atoms with Crippen molar-refractivity contribution in [3.8, 4) is 6.07 Å². The van der Waals surface area contributed by atoms with Gasteiger partial charge in [-0.15, -0.1) is 0 Å². The highest BCUT2D eigenvalue weighted by atomic mass is 16.3. The van der Waals surface area contributed by atoms with Gasteiger partial charge in [0, 0.05) is 0 Å². The van der Waals surface area contributed by atoms with Gasteiger partial charge >= 0.3 is 0 Å². The fourth-order valence-electron chi connectivity index (χ4n) is 1.54. The smallest absolute Gasteiger partial charge is 0.0994 e. The summed E-state index contributed by atoms with van der Waals surface area (Å²) in [5, 5.41) is 17.8. The summed E-state index contributed by atoms with van der Waals surface area (Å²) >= 11 is 0. The first kappa shape index (κ1) is 8.28. The molecular formula is C11H11NO. The molecule has 0 aliphatic heterocycles. The quantitative estimate of drug-likeness (QED) is 0.742. The highest BCUT2D eigenvalue weighted by molar-refractivity contribution is 5.43. The van der Waals surface area contributed by atoms with Crippen molar-refractivity contribution in [1.82, 2.24) is 0 Å². The van der Waals surface area contributed by atoms with E-state index in [-0.39, 0.29) is 6.61 Å². The Kier molecular flexibility index (Phi) is 2.03. The molecule has 13 heavy (non-hydrogen) atoms. The molecule has 1 aliphatic rings. The maximum atomic E-state index is 8.94. The maximum Gasteiger partial charge on any atom is 0.0994 e. The molecule has 0 saturated heterocycles. The SMILES string of the molecule is N#Cc1ccc(CO)cc1C1CC1. The zero-order valence-electron chi connectivity index (χ0n) is 7.33. The molecule has 0 radical (unpaired) electrons. The second kappa shape index (κ2) is 3.20. The number of benzene rings is 1. The van der Waals surface area contributed by atoms with E-state index < -0.39 is 0 Å². The molecule has 0 amide bonds. The highest BCUT2D eigenvalue weighted by Gasteiger charge is 2.26. The molecule has 66 valence electrons. The van der Waals surface area contributed by atoms with E-state index in [1.807, 2.05) is 12.1 Å². The number of aliphatic hydroxyl groups is 1. The number of nitriles is 1. The van der Waals surface area contributed by atoms with Crippen LogP contribution in [0, 0.1) is 11.3 Å². The average Bonchev–Trinajstić information content (AvgIpc) is 3.00. The van der Waals surface area contributed by atoms with Crippen LogP contribution in [0.15, 0.2) is 18.2 Å². The number of hydrogen-bond acceptors (Lipinski definition) is 2. The van der Waals surface area contributed by atoms with Crippen molar-refractivity contribution in [2.45, 2.75) is 25.4 Å². The first-order valence-electron chi connectivity index (χ1n) is 4.49. The first-order valence-corrected chi connectivity index (χ1v) is 4.49. The number of aliphatic hydroxyl groups excluding tert-OH is 1. The predicted octanol–water partition coefficient (Wildman–Crippen LogP) is 1.93. The van der Waals surface area contributed by atoms with Crippen molar-refractivity contribution >= 4 is 0 Å². The van der Waals surface area contributed by atoms with Crippen molar-refractivity contribution in [1.29, 1.82) is 5.26 Å². The summed E-state index contributed by atoms with van der Waals surface area (Å²) in [6.45, 7) is 0.0609. The standard InChI is InChI=1S/C11H11NO/c12-6-10-2-1-8(7-13)5-11(10)9-3-4-9/h1-2,5,9,13H,3-4,7H2. The Hall–Kier alpha value is -1.33. The lowest BCUT2D eigenvalue weighted by Gasteiger charge is -2.03. The lowest BCUT2D eigenvalue weighted by atomic mass is 10.0. The second-order valence-corrected chi connectivity index (χ2v) is 3.47. The topological polar surface area (TPSA) is 44.0 Å². The molecule has 1 fully saturated rings. The monoisotopic (exact) mass is 173 g/mol. The lowest BCUT2D eigenvalue weighted by Crippen LogP contribution is -1.91. The van der Waals surface area contributed by atoms with Gasteiger partial charge in [-0.2, -0.15) is 5.26 Å². The third-order valence-electron chi connectivity index (χ3n) is 2.44. The third kappa shape index (κ3) is 1.56. The zero-order chi connectivity index (χ0) is 9.26. The number of nitrogens with zero attached hydrogens (tertiary/aromatic N) is 1. The van der Waals surface area contributed by atoms with Crippen LogP contribution in [0.3, 0.4) is 0 Å². The normalized spacial score (nSPS) is 15.4. The minimum absolute atomic E-state index is 0.0609. The van der Waals surface area contributed by atoms with Gasteiger partial charge in [-0.05, 0) is 36.0 Å². The predicted molar refractivity (Wildman–Crippen MR) is 49.1 cm³/mol. The third-order valence-corrected chi connectivity index (χ3v) is 2.44. The molecule has 1 aromatic carbocycles. The zero-order valence-corrected chi connectivity index (χ0v) is 7.33. The van der Waals surface area contributed by atoms with Crippen LogP contribution < -0.4 is 0 Å². The molecule has 1 aromatic rings. The van der Waals surface area contributed by atoms with Gasteiger partial charge in [0.25, 0.3) is 0 Å². The second-order valence-electron chi connectivity index (χ2n) is 3.47. The highest BCUT2D eigenvalue weighted by Crippen LogP contribution is 2.41. The Labute approximate surface area is 77.4 Å². The van der Waals surface area contributed by atoms with Crippen LogP contribution in [-0.4, -0.2) is 5.11 Å². The molecule has 0 aromatic heterocycles. The number of rotatable bonds is 2. The summed E-state index contributed by atoms with van der Waals surface area (Å²) in [5.41, 5.74) is 2.79. The molecule has 2 nitrogen and oxygen atoms in total. The van der Waals surface area contributed by atoms with Crippen molar-refractivity contribution in [2.24, 2.45) is 0 Å². The summed E-state index contributed by atoms with van der Waals surface area (Å²) in [4.78, 5) is 0. The van der Waals surface area contributed by atoms with Gasteiger partial charge in [-0.25, -0.2) is 0 Å². The summed E-state index contributed by atoms with van der Waals surface area (Å²) in [7, 11) is 0. The molecule has 2 rings (SSSR count). The Balaban J connectivity index is 2.42. The van der Waals surface area contributed by atoms with Crippen LogP contribution in [-0.2, 0) is 6.61 Å². The van der Waals surface area contributed by atoms with Crippen LogP contribution in [0.4, 0.5) is 0 Å². The minimum atomic E-state index is 0.0609. The van der Waals surface area contributed by atoms with Crippen molar-refractivity contribution in [2.75, 3.05) is 0 Å². The summed E-state index contributed by atoms with van der Waals surface area (Å²) in [6, 6.07) is 7.76. The maximum absolute atomic E-state index is 8.94. The van der Waals surface area contributed by atoms with E-state index in [9.17, 15) is 0 Å². The fraction of sp³-hybridized carbons (Fsp3) is 0.364. The van der Waals surface area contributed by atoms with Crippen molar-refractivity contribution in [3.63, 3.8) is 0 Å².